The highest BCUT2D eigenvalue weighted by molar-refractivity contribution is 5.93. The standard InChI is InChI=1S/C14H16N4O2/c1-9(2)20-14-12-10(5-4-6-11(19)15-3)7-16-13(12)17-8-18-14/h7-9H,5H2,1-3H3,(H,15,19)(H,16,17,18). The summed E-state index contributed by atoms with van der Waals surface area (Å²) in [7, 11) is 1.55. The van der Waals surface area contributed by atoms with E-state index < -0.39 is 0 Å². The molecule has 2 N–H and O–H groups in total. The average Bonchev–Trinajstić information content (AvgIpc) is 2.82. The number of ether oxygens (including phenoxy) is 1. The first-order valence-corrected chi connectivity index (χ1v) is 6.30. The number of rotatable bonds is 3. The van der Waals surface area contributed by atoms with Crippen molar-refractivity contribution in [2.24, 2.45) is 0 Å². The van der Waals surface area contributed by atoms with Crippen LogP contribution in [0.5, 0.6) is 5.88 Å². The number of nitrogens with one attached hydrogen (secondary N) is 2. The predicted octanol–water partition coefficient (Wildman–Crippen LogP) is 1.04. The molecule has 0 fully saturated rings. The van der Waals surface area contributed by atoms with Gasteiger partial charge in [0.25, 0.3) is 5.91 Å². The van der Waals surface area contributed by atoms with Crippen molar-refractivity contribution in [2.75, 3.05) is 7.05 Å². The van der Waals surface area contributed by atoms with E-state index in [4.69, 9.17) is 4.74 Å². The Bertz CT molecular complexity index is 679. The number of H-pyrrole nitrogens is 1. The molecule has 2 aromatic heterocycles. The van der Waals surface area contributed by atoms with Gasteiger partial charge in [-0.3, -0.25) is 4.79 Å². The number of hydrogen-bond donors (Lipinski definition) is 2. The molecule has 0 spiro atoms. The van der Waals surface area contributed by atoms with Gasteiger partial charge in [0.15, 0.2) is 0 Å². The van der Waals surface area contributed by atoms with E-state index in [1.54, 1.807) is 7.05 Å². The molecule has 20 heavy (non-hydrogen) atoms. The topological polar surface area (TPSA) is 79.9 Å². The summed E-state index contributed by atoms with van der Waals surface area (Å²) in [5.41, 5.74) is 1.61. The van der Waals surface area contributed by atoms with Gasteiger partial charge >= 0.3 is 0 Å². The Hall–Kier alpha value is -2.55. The molecule has 2 rings (SSSR count). The van der Waals surface area contributed by atoms with Crippen LogP contribution in [0.15, 0.2) is 12.5 Å². The van der Waals surface area contributed by atoms with Crippen LogP contribution in [-0.4, -0.2) is 34.0 Å². The smallest absolute Gasteiger partial charge is 0.295 e. The summed E-state index contributed by atoms with van der Waals surface area (Å²) in [6.07, 6.45) is 3.71. The van der Waals surface area contributed by atoms with E-state index in [9.17, 15) is 4.79 Å². The minimum Gasteiger partial charge on any atom is -0.474 e. The van der Waals surface area contributed by atoms with E-state index in [1.165, 1.54) is 6.33 Å². The summed E-state index contributed by atoms with van der Waals surface area (Å²) < 4.78 is 5.68. The molecule has 0 aromatic carbocycles. The zero-order chi connectivity index (χ0) is 14.5. The summed E-state index contributed by atoms with van der Waals surface area (Å²) >= 11 is 0. The van der Waals surface area contributed by atoms with Crippen LogP contribution < -0.4 is 10.1 Å². The van der Waals surface area contributed by atoms with Crippen LogP contribution in [0.2, 0.25) is 0 Å². The van der Waals surface area contributed by atoms with Gasteiger partial charge in [0.1, 0.15) is 12.0 Å². The van der Waals surface area contributed by atoms with E-state index in [2.05, 4.69) is 32.1 Å². The Kier molecular flexibility index (Phi) is 4.20. The maximum Gasteiger partial charge on any atom is 0.295 e. The molecule has 6 nitrogen and oxygen atoms in total. The maximum absolute atomic E-state index is 11.1. The van der Waals surface area contributed by atoms with Crippen molar-refractivity contribution in [1.29, 1.82) is 0 Å². The molecule has 0 saturated carbocycles. The lowest BCUT2D eigenvalue weighted by molar-refractivity contribution is -0.115. The van der Waals surface area contributed by atoms with E-state index in [1.807, 2.05) is 20.0 Å². The van der Waals surface area contributed by atoms with Crippen LogP contribution in [0, 0.1) is 11.8 Å². The van der Waals surface area contributed by atoms with Crippen LogP contribution in [-0.2, 0) is 11.2 Å². The van der Waals surface area contributed by atoms with Crippen molar-refractivity contribution in [3.8, 4) is 17.7 Å². The Morgan fingerprint density at radius 1 is 1.50 bits per heavy atom. The Balaban J connectivity index is 2.33. The number of carbonyl (C=O) groups excluding carboxylic acids is 1. The Morgan fingerprint density at radius 3 is 3.00 bits per heavy atom. The van der Waals surface area contributed by atoms with Crippen LogP contribution >= 0.6 is 0 Å². The number of aromatic nitrogens is 3. The highest BCUT2D eigenvalue weighted by Crippen LogP contribution is 2.25. The molecule has 2 heterocycles. The summed E-state index contributed by atoms with van der Waals surface area (Å²) in [4.78, 5) is 22.4. The van der Waals surface area contributed by atoms with Gasteiger partial charge in [-0.15, -0.1) is 0 Å². The molecule has 0 saturated heterocycles. The summed E-state index contributed by atoms with van der Waals surface area (Å²) in [6.45, 7) is 3.87. The summed E-state index contributed by atoms with van der Waals surface area (Å²) in [5.74, 6) is 5.54. The first kappa shape index (κ1) is 13.9. The average molecular weight is 272 g/mol. The van der Waals surface area contributed by atoms with Crippen LogP contribution in [0.3, 0.4) is 0 Å². The fourth-order valence-corrected chi connectivity index (χ4v) is 1.73. The largest absolute Gasteiger partial charge is 0.474 e. The van der Waals surface area contributed by atoms with Crippen molar-refractivity contribution in [3.05, 3.63) is 18.1 Å². The van der Waals surface area contributed by atoms with Crippen molar-refractivity contribution in [3.63, 3.8) is 0 Å². The molecule has 104 valence electrons. The highest BCUT2D eigenvalue weighted by Gasteiger charge is 2.12. The van der Waals surface area contributed by atoms with Gasteiger partial charge in [0.05, 0.1) is 11.5 Å². The molecule has 0 unspecified atom stereocenters. The maximum atomic E-state index is 11.1. The van der Waals surface area contributed by atoms with Gasteiger partial charge in [-0.05, 0) is 25.3 Å². The van der Waals surface area contributed by atoms with Crippen LogP contribution in [0.25, 0.3) is 11.0 Å². The Morgan fingerprint density at radius 2 is 2.30 bits per heavy atom. The lowest BCUT2D eigenvalue weighted by Gasteiger charge is -2.09. The SMILES string of the molecule is CNC(=O)C#CCc1c[nH]c2ncnc(OC(C)C)c12. The number of fused-ring (bicyclic) bond motifs is 1. The minimum atomic E-state index is -0.306. The lowest BCUT2D eigenvalue weighted by atomic mass is 10.2. The van der Waals surface area contributed by atoms with Gasteiger partial charge < -0.3 is 15.0 Å². The molecule has 0 radical (unpaired) electrons. The third kappa shape index (κ3) is 3.06. The van der Waals surface area contributed by atoms with Crippen LogP contribution in [0.4, 0.5) is 0 Å². The lowest BCUT2D eigenvalue weighted by Crippen LogP contribution is -2.14. The molecule has 1 amide bonds. The van der Waals surface area contributed by atoms with Gasteiger partial charge in [0, 0.05) is 19.7 Å². The molecular weight excluding hydrogens is 256 g/mol. The third-order valence-corrected chi connectivity index (χ3v) is 2.57. The minimum absolute atomic E-state index is 0.0211. The fourth-order valence-electron chi connectivity index (χ4n) is 1.73. The number of amides is 1. The van der Waals surface area contributed by atoms with E-state index in [0.29, 0.717) is 17.9 Å². The number of carbonyl (C=O) groups is 1. The number of hydrogen-bond acceptors (Lipinski definition) is 4. The molecule has 0 aliphatic heterocycles. The van der Waals surface area contributed by atoms with Crippen molar-refractivity contribution in [1.82, 2.24) is 20.3 Å². The zero-order valence-corrected chi connectivity index (χ0v) is 11.7. The summed E-state index contributed by atoms with van der Waals surface area (Å²) in [5, 5.41) is 3.26. The first-order valence-electron chi connectivity index (χ1n) is 6.30. The second kappa shape index (κ2) is 6.06. The van der Waals surface area contributed by atoms with Crippen molar-refractivity contribution in [2.45, 2.75) is 26.4 Å². The zero-order valence-electron chi connectivity index (χ0n) is 11.7. The molecule has 6 heteroatoms. The highest BCUT2D eigenvalue weighted by atomic mass is 16.5. The molecule has 0 atom stereocenters. The second-order valence-corrected chi connectivity index (χ2v) is 4.44. The van der Waals surface area contributed by atoms with Crippen LogP contribution in [0.1, 0.15) is 19.4 Å². The van der Waals surface area contributed by atoms with E-state index >= 15 is 0 Å². The molecule has 0 bridgehead atoms. The molecule has 0 aliphatic rings. The van der Waals surface area contributed by atoms with E-state index in [-0.39, 0.29) is 12.0 Å². The van der Waals surface area contributed by atoms with Crippen molar-refractivity contribution < 1.29 is 9.53 Å². The van der Waals surface area contributed by atoms with E-state index in [0.717, 1.165) is 10.9 Å². The summed E-state index contributed by atoms with van der Waals surface area (Å²) in [6, 6.07) is 0. The normalized spacial score (nSPS) is 10.2. The monoisotopic (exact) mass is 272 g/mol. The molecular formula is C14H16N4O2. The second-order valence-electron chi connectivity index (χ2n) is 4.44. The van der Waals surface area contributed by atoms with Gasteiger partial charge in [-0.1, -0.05) is 5.92 Å². The Labute approximate surface area is 117 Å². The van der Waals surface area contributed by atoms with Gasteiger partial charge in [-0.25, -0.2) is 9.97 Å². The molecule has 2 aromatic rings. The van der Waals surface area contributed by atoms with Crippen molar-refractivity contribution >= 4 is 16.9 Å². The molecule has 0 aliphatic carbocycles. The number of nitrogens with zero attached hydrogens (tertiary/aromatic N) is 2. The van der Waals surface area contributed by atoms with Gasteiger partial charge in [-0.2, -0.15) is 0 Å². The first-order chi connectivity index (χ1) is 9.61. The predicted molar refractivity (Wildman–Crippen MR) is 75.2 cm³/mol. The third-order valence-electron chi connectivity index (χ3n) is 2.57. The van der Waals surface area contributed by atoms with Gasteiger partial charge in [0.2, 0.25) is 5.88 Å². The number of aromatic amines is 1. The fraction of sp³-hybridized carbons (Fsp3) is 0.357. The quantitative estimate of drug-likeness (QED) is 0.818.